The molecule has 3 heteroatoms. The highest BCUT2D eigenvalue weighted by molar-refractivity contribution is 9.10. The second-order valence-electron chi connectivity index (χ2n) is 2.95. The fraction of sp³-hybridized carbons (Fsp3) is 0.400. The van der Waals surface area contributed by atoms with E-state index in [0.717, 1.165) is 17.3 Å². The Balaban J connectivity index is 2.71. The maximum atomic E-state index is 12.3. The van der Waals surface area contributed by atoms with Crippen molar-refractivity contribution in [3.8, 4) is 0 Å². The largest absolute Gasteiger partial charge is 0.330 e. The van der Waals surface area contributed by atoms with Gasteiger partial charge in [0.15, 0.2) is 0 Å². The molecule has 0 amide bonds. The van der Waals surface area contributed by atoms with Crippen molar-refractivity contribution in [2.75, 3.05) is 6.54 Å². The van der Waals surface area contributed by atoms with Crippen molar-refractivity contribution in [2.45, 2.75) is 19.5 Å². The first-order chi connectivity index (χ1) is 6.27. The molecule has 0 saturated carbocycles. The molecule has 0 heterocycles. The summed E-state index contributed by atoms with van der Waals surface area (Å²) in [5, 5.41) is 0. The minimum atomic E-state index is -0.419. The third kappa shape index (κ3) is 3.08. The molecule has 1 aromatic rings. The number of hydrogen-bond acceptors (Lipinski definition) is 1. The summed E-state index contributed by atoms with van der Waals surface area (Å²) in [5.41, 5.74) is 7.31. The highest BCUT2D eigenvalue weighted by atomic mass is 79.9. The lowest BCUT2D eigenvalue weighted by Crippen LogP contribution is -2.00. The zero-order valence-electron chi connectivity index (χ0n) is 7.39. The highest BCUT2D eigenvalue weighted by Crippen LogP contribution is 2.20. The Morgan fingerprint density at radius 3 is 2.69 bits per heavy atom. The van der Waals surface area contributed by atoms with Crippen LogP contribution >= 0.6 is 15.9 Å². The standard InChI is InChI=1S/C10H13BrFN/c11-10-6-8(2-1-5-13)3-4-9(10)7-12/h3-4,6H,1-2,5,7,13H2. The summed E-state index contributed by atoms with van der Waals surface area (Å²) < 4.78 is 13.2. The quantitative estimate of drug-likeness (QED) is 0.868. The Kier molecular flexibility index (Phi) is 4.39. The van der Waals surface area contributed by atoms with Gasteiger partial charge >= 0.3 is 0 Å². The van der Waals surface area contributed by atoms with Crippen LogP contribution in [0.4, 0.5) is 4.39 Å². The van der Waals surface area contributed by atoms with Crippen molar-refractivity contribution in [1.29, 1.82) is 0 Å². The summed E-state index contributed by atoms with van der Waals surface area (Å²) in [6.45, 7) is 0.278. The zero-order chi connectivity index (χ0) is 9.68. The van der Waals surface area contributed by atoms with Gasteiger partial charge in [0.25, 0.3) is 0 Å². The van der Waals surface area contributed by atoms with E-state index in [2.05, 4.69) is 15.9 Å². The van der Waals surface area contributed by atoms with Crippen LogP contribution in [0.1, 0.15) is 17.5 Å². The molecule has 0 fully saturated rings. The molecule has 0 radical (unpaired) electrons. The van der Waals surface area contributed by atoms with Crippen molar-refractivity contribution in [1.82, 2.24) is 0 Å². The number of alkyl halides is 1. The van der Waals surface area contributed by atoms with E-state index in [1.807, 2.05) is 18.2 Å². The molecule has 13 heavy (non-hydrogen) atoms. The monoisotopic (exact) mass is 245 g/mol. The second kappa shape index (κ2) is 5.35. The van der Waals surface area contributed by atoms with Gasteiger partial charge in [-0.1, -0.05) is 28.1 Å². The number of halogens is 2. The van der Waals surface area contributed by atoms with Gasteiger partial charge in [-0.25, -0.2) is 4.39 Å². The lowest BCUT2D eigenvalue weighted by atomic mass is 10.1. The van der Waals surface area contributed by atoms with Crippen LogP contribution in [0.2, 0.25) is 0 Å². The molecule has 72 valence electrons. The minimum Gasteiger partial charge on any atom is -0.330 e. The van der Waals surface area contributed by atoms with Crippen LogP contribution in [0.3, 0.4) is 0 Å². The molecule has 1 rings (SSSR count). The van der Waals surface area contributed by atoms with E-state index in [1.165, 1.54) is 5.56 Å². The van der Waals surface area contributed by atoms with E-state index in [9.17, 15) is 4.39 Å². The number of aryl methyl sites for hydroxylation is 1. The molecule has 1 nitrogen and oxygen atoms in total. The van der Waals surface area contributed by atoms with Crippen LogP contribution < -0.4 is 5.73 Å². The van der Waals surface area contributed by atoms with Gasteiger partial charge in [0, 0.05) is 4.47 Å². The van der Waals surface area contributed by atoms with Crippen molar-refractivity contribution in [2.24, 2.45) is 5.73 Å². The SMILES string of the molecule is NCCCc1ccc(CF)c(Br)c1. The first-order valence-electron chi connectivity index (χ1n) is 4.31. The fourth-order valence-corrected chi connectivity index (χ4v) is 1.69. The van der Waals surface area contributed by atoms with Crippen LogP contribution in [-0.2, 0) is 13.1 Å². The van der Waals surface area contributed by atoms with E-state index in [4.69, 9.17) is 5.73 Å². The van der Waals surface area contributed by atoms with Gasteiger partial charge in [0.2, 0.25) is 0 Å². The number of rotatable bonds is 4. The third-order valence-electron chi connectivity index (χ3n) is 1.93. The Hall–Kier alpha value is -0.410. The Bertz CT molecular complexity index is 276. The van der Waals surface area contributed by atoms with Crippen LogP contribution in [0.5, 0.6) is 0 Å². The normalized spacial score (nSPS) is 10.4. The third-order valence-corrected chi connectivity index (χ3v) is 2.67. The Morgan fingerprint density at radius 1 is 1.38 bits per heavy atom. The minimum absolute atomic E-state index is 0.419. The molecule has 0 atom stereocenters. The summed E-state index contributed by atoms with van der Waals surface area (Å²) in [6, 6.07) is 5.73. The summed E-state index contributed by atoms with van der Waals surface area (Å²) >= 11 is 3.33. The molecule has 0 saturated heterocycles. The maximum Gasteiger partial charge on any atom is 0.116 e. The molecule has 0 aliphatic heterocycles. The molecule has 0 aromatic heterocycles. The van der Waals surface area contributed by atoms with Crippen LogP contribution in [-0.4, -0.2) is 6.54 Å². The van der Waals surface area contributed by atoms with E-state index in [-0.39, 0.29) is 0 Å². The van der Waals surface area contributed by atoms with Gasteiger partial charge in [0.05, 0.1) is 0 Å². The zero-order valence-corrected chi connectivity index (χ0v) is 8.98. The molecular weight excluding hydrogens is 233 g/mol. The molecule has 1 aromatic carbocycles. The molecule has 0 aliphatic rings. The Morgan fingerprint density at radius 2 is 2.15 bits per heavy atom. The van der Waals surface area contributed by atoms with Gasteiger partial charge in [-0.15, -0.1) is 0 Å². The average molecular weight is 246 g/mol. The van der Waals surface area contributed by atoms with E-state index in [0.29, 0.717) is 12.1 Å². The van der Waals surface area contributed by atoms with Crippen LogP contribution in [0.25, 0.3) is 0 Å². The van der Waals surface area contributed by atoms with Gasteiger partial charge in [0.1, 0.15) is 6.67 Å². The number of benzene rings is 1. The van der Waals surface area contributed by atoms with E-state index in [1.54, 1.807) is 0 Å². The lowest BCUT2D eigenvalue weighted by molar-refractivity contribution is 0.484. The highest BCUT2D eigenvalue weighted by Gasteiger charge is 2.00. The van der Waals surface area contributed by atoms with E-state index >= 15 is 0 Å². The van der Waals surface area contributed by atoms with Crippen molar-refractivity contribution < 1.29 is 4.39 Å². The summed E-state index contributed by atoms with van der Waals surface area (Å²) in [5.74, 6) is 0. The predicted molar refractivity (Wildman–Crippen MR) is 56.3 cm³/mol. The van der Waals surface area contributed by atoms with Crippen LogP contribution in [0.15, 0.2) is 22.7 Å². The lowest BCUT2D eigenvalue weighted by Gasteiger charge is -2.03. The molecule has 0 bridgehead atoms. The first-order valence-corrected chi connectivity index (χ1v) is 5.10. The molecular formula is C10H13BrFN. The van der Waals surface area contributed by atoms with Crippen LogP contribution in [0, 0.1) is 0 Å². The average Bonchev–Trinajstić information content (AvgIpc) is 2.15. The summed E-state index contributed by atoms with van der Waals surface area (Å²) in [6.07, 6.45) is 1.93. The first kappa shape index (κ1) is 10.7. The van der Waals surface area contributed by atoms with Gasteiger partial charge in [-0.05, 0) is 36.6 Å². The fourth-order valence-electron chi connectivity index (χ4n) is 1.16. The van der Waals surface area contributed by atoms with Gasteiger partial charge in [-0.2, -0.15) is 0 Å². The molecule has 0 aliphatic carbocycles. The number of hydrogen-bond donors (Lipinski definition) is 1. The van der Waals surface area contributed by atoms with Crippen molar-refractivity contribution in [3.05, 3.63) is 33.8 Å². The molecule has 0 unspecified atom stereocenters. The number of nitrogens with two attached hydrogens (primary N) is 1. The smallest absolute Gasteiger partial charge is 0.116 e. The maximum absolute atomic E-state index is 12.3. The van der Waals surface area contributed by atoms with Crippen molar-refractivity contribution >= 4 is 15.9 Å². The predicted octanol–water partition coefficient (Wildman–Crippen LogP) is 2.81. The van der Waals surface area contributed by atoms with Gasteiger partial charge in [-0.3, -0.25) is 0 Å². The summed E-state index contributed by atoms with van der Waals surface area (Å²) in [4.78, 5) is 0. The molecule has 0 spiro atoms. The molecule has 2 N–H and O–H groups in total. The van der Waals surface area contributed by atoms with Gasteiger partial charge < -0.3 is 5.73 Å². The van der Waals surface area contributed by atoms with Crippen molar-refractivity contribution in [3.63, 3.8) is 0 Å². The Labute approximate surface area is 86.3 Å². The second-order valence-corrected chi connectivity index (χ2v) is 3.81. The van der Waals surface area contributed by atoms with E-state index < -0.39 is 6.67 Å². The summed E-state index contributed by atoms with van der Waals surface area (Å²) in [7, 11) is 0. The topological polar surface area (TPSA) is 26.0 Å².